The van der Waals surface area contributed by atoms with E-state index in [1.54, 1.807) is 0 Å². The van der Waals surface area contributed by atoms with Crippen molar-refractivity contribution in [3.63, 3.8) is 0 Å². The molecule has 4 aliphatic rings. The zero-order valence-corrected chi connectivity index (χ0v) is 24.4. The molecule has 1 saturated heterocycles. The molecule has 208 valence electrons. The van der Waals surface area contributed by atoms with Crippen LogP contribution in [0.1, 0.15) is 92.8 Å². The fourth-order valence-corrected chi connectivity index (χ4v) is 7.51. The fourth-order valence-electron chi connectivity index (χ4n) is 7.51. The summed E-state index contributed by atoms with van der Waals surface area (Å²) in [7, 11) is 0. The highest BCUT2D eigenvalue weighted by molar-refractivity contribution is 6.14. The Kier molecular flexibility index (Phi) is 6.96. The second-order valence-corrected chi connectivity index (χ2v) is 12.2. The molecule has 3 heterocycles. The quantitative estimate of drug-likeness (QED) is 0.392. The van der Waals surface area contributed by atoms with Crippen LogP contribution in [0.2, 0.25) is 0 Å². The van der Waals surface area contributed by atoms with E-state index in [1.807, 2.05) is 30.9 Å². The maximum Gasteiger partial charge on any atom is 0.272 e. The zero-order valence-electron chi connectivity index (χ0n) is 24.4. The van der Waals surface area contributed by atoms with Crippen LogP contribution in [-0.2, 0) is 16.6 Å². The molecule has 0 unspecified atom stereocenters. The van der Waals surface area contributed by atoms with E-state index in [0.29, 0.717) is 22.9 Å². The van der Waals surface area contributed by atoms with Crippen molar-refractivity contribution >= 4 is 23.2 Å². The van der Waals surface area contributed by atoms with Crippen LogP contribution >= 0.6 is 0 Å². The number of allylic oxidation sites excluding steroid dienone is 2. The first-order valence-electron chi connectivity index (χ1n) is 15.2. The van der Waals surface area contributed by atoms with Gasteiger partial charge in [-0.1, -0.05) is 56.7 Å². The highest BCUT2D eigenvalue weighted by Gasteiger charge is 2.42. The number of likely N-dealkylation sites (tertiary alicyclic amines) is 1. The third kappa shape index (κ3) is 4.41. The Morgan fingerprint density at radius 3 is 2.50 bits per heavy atom. The molecule has 0 radical (unpaired) electrons. The van der Waals surface area contributed by atoms with E-state index in [9.17, 15) is 9.59 Å². The van der Waals surface area contributed by atoms with Gasteiger partial charge in [-0.25, -0.2) is 0 Å². The molecule has 5 nitrogen and oxygen atoms in total. The lowest BCUT2D eigenvalue weighted by Gasteiger charge is -2.41. The molecule has 40 heavy (non-hydrogen) atoms. The van der Waals surface area contributed by atoms with Gasteiger partial charge in [-0.05, 0) is 98.3 Å². The summed E-state index contributed by atoms with van der Waals surface area (Å²) in [5, 5.41) is 3.11. The Hall–Kier alpha value is -3.56. The number of carbonyl (C=O) groups excluding carboxylic acids is 2. The predicted molar refractivity (Wildman–Crippen MR) is 161 cm³/mol. The third-order valence-corrected chi connectivity index (χ3v) is 9.59. The largest absolute Gasteiger partial charge is 0.339 e. The first-order chi connectivity index (χ1) is 19.3. The van der Waals surface area contributed by atoms with Gasteiger partial charge < -0.3 is 10.2 Å². The summed E-state index contributed by atoms with van der Waals surface area (Å²) in [5.74, 6) is 0.270. The normalized spacial score (nSPS) is 19.0. The topological polar surface area (TPSA) is 52.7 Å². The van der Waals surface area contributed by atoms with Gasteiger partial charge in [-0.2, -0.15) is 0 Å². The summed E-state index contributed by atoms with van der Waals surface area (Å²) in [6, 6.07) is 12.9. The van der Waals surface area contributed by atoms with Crippen molar-refractivity contribution < 1.29 is 9.59 Å². The smallest absolute Gasteiger partial charge is 0.272 e. The van der Waals surface area contributed by atoms with Crippen molar-refractivity contribution in [2.45, 2.75) is 84.5 Å². The molecule has 1 aliphatic carbocycles. The highest BCUT2D eigenvalue weighted by Crippen LogP contribution is 2.47. The van der Waals surface area contributed by atoms with Crippen LogP contribution in [0.4, 0.5) is 11.4 Å². The SMILES string of the molecule is CCCC(CCC)C1=C=C(C)C=C2C(=O)Nc3cc(C(=O)N4CCC5(CCc6ccccc65)CC4)c(C)cc3N12. The van der Waals surface area contributed by atoms with Crippen LogP contribution in [0.25, 0.3) is 0 Å². The van der Waals surface area contributed by atoms with E-state index in [-0.39, 0.29) is 17.2 Å². The lowest BCUT2D eigenvalue weighted by atomic mass is 9.74. The van der Waals surface area contributed by atoms with Crippen molar-refractivity contribution in [1.82, 2.24) is 4.90 Å². The minimum absolute atomic E-state index is 0.0667. The lowest BCUT2D eigenvalue weighted by Crippen LogP contribution is -2.44. The second-order valence-electron chi connectivity index (χ2n) is 12.2. The molecule has 2 aromatic rings. The molecule has 0 saturated carbocycles. The number of benzene rings is 2. The number of fused-ring (bicyclic) bond motifs is 5. The average Bonchev–Trinajstić information content (AvgIpc) is 3.30. The van der Waals surface area contributed by atoms with Gasteiger partial charge in [0.05, 0.1) is 17.1 Å². The van der Waals surface area contributed by atoms with Gasteiger partial charge in [0, 0.05) is 24.6 Å². The molecule has 1 N–H and O–H groups in total. The van der Waals surface area contributed by atoms with Crippen LogP contribution in [0.5, 0.6) is 0 Å². The van der Waals surface area contributed by atoms with Gasteiger partial charge >= 0.3 is 0 Å². The molecule has 5 heteroatoms. The van der Waals surface area contributed by atoms with Crippen molar-refractivity contribution in [2.75, 3.05) is 23.3 Å². The molecule has 6 rings (SSSR count). The fraction of sp³-hybridized carbons (Fsp3) is 0.457. The van der Waals surface area contributed by atoms with Gasteiger partial charge in [0.15, 0.2) is 0 Å². The molecule has 2 aromatic carbocycles. The van der Waals surface area contributed by atoms with E-state index >= 15 is 0 Å². The maximum atomic E-state index is 13.9. The number of anilines is 2. The third-order valence-electron chi connectivity index (χ3n) is 9.59. The molecule has 2 amide bonds. The number of rotatable bonds is 6. The summed E-state index contributed by atoms with van der Waals surface area (Å²) in [4.78, 5) is 31.4. The predicted octanol–water partition coefficient (Wildman–Crippen LogP) is 7.42. The van der Waals surface area contributed by atoms with E-state index < -0.39 is 0 Å². The molecule has 0 atom stereocenters. The summed E-state index contributed by atoms with van der Waals surface area (Å²) in [5.41, 5.74) is 12.8. The minimum atomic E-state index is -0.125. The van der Waals surface area contributed by atoms with Crippen LogP contribution in [0, 0.1) is 12.8 Å². The molecular weight excluding hydrogens is 494 g/mol. The van der Waals surface area contributed by atoms with Crippen LogP contribution in [-0.4, -0.2) is 29.8 Å². The minimum Gasteiger partial charge on any atom is -0.339 e. The van der Waals surface area contributed by atoms with Crippen molar-refractivity contribution in [3.05, 3.63) is 87.4 Å². The summed E-state index contributed by atoms with van der Waals surface area (Å²) >= 11 is 0. The van der Waals surface area contributed by atoms with Crippen LogP contribution < -0.4 is 10.2 Å². The van der Waals surface area contributed by atoms with Gasteiger partial charge in [-0.15, -0.1) is 0 Å². The number of nitrogens with zero attached hydrogens (tertiary/aromatic N) is 2. The molecule has 0 bridgehead atoms. The molecule has 0 aromatic heterocycles. The van der Waals surface area contributed by atoms with Gasteiger partial charge in [-0.3, -0.25) is 14.5 Å². The summed E-state index contributed by atoms with van der Waals surface area (Å²) < 4.78 is 0. The standard InChI is InChI=1S/C35H41N3O2/c1-5-9-26(10-6-2)30-19-23(3)20-32-33(39)36-29-22-27(24(4)21-31(29)38(30)32)34(40)37-17-15-35(16-18-37)14-13-25-11-7-8-12-28(25)35/h7-8,11-12,20-22,26H,5-6,9-10,13-18H2,1-4H3,(H,36,39). The number of hydrogen-bond donors (Lipinski definition) is 1. The number of piperidine rings is 1. The number of aryl methyl sites for hydroxylation is 2. The first-order valence-corrected chi connectivity index (χ1v) is 15.2. The number of carbonyl (C=O) groups is 2. The van der Waals surface area contributed by atoms with Gasteiger partial charge in [0.2, 0.25) is 0 Å². The Morgan fingerprint density at radius 1 is 1.05 bits per heavy atom. The van der Waals surface area contributed by atoms with E-state index in [4.69, 9.17) is 0 Å². The van der Waals surface area contributed by atoms with Gasteiger partial charge in [0.1, 0.15) is 5.70 Å². The van der Waals surface area contributed by atoms with E-state index in [0.717, 1.165) is 80.6 Å². The first kappa shape index (κ1) is 26.7. The number of hydrogen-bond acceptors (Lipinski definition) is 3. The van der Waals surface area contributed by atoms with Crippen LogP contribution in [0.3, 0.4) is 0 Å². The molecule has 1 fully saturated rings. The van der Waals surface area contributed by atoms with Crippen molar-refractivity contribution in [1.29, 1.82) is 0 Å². The Balaban J connectivity index is 1.29. The second kappa shape index (κ2) is 10.4. The van der Waals surface area contributed by atoms with Crippen molar-refractivity contribution in [2.24, 2.45) is 5.92 Å². The lowest BCUT2D eigenvalue weighted by molar-refractivity contribution is -0.113. The molecular formula is C35H41N3O2. The Labute approximate surface area is 238 Å². The van der Waals surface area contributed by atoms with Gasteiger partial charge in [0.25, 0.3) is 11.8 Å². The molecule has 1 spiro atoms. The van der Waals surface area contributed by atoms with E-state index in [1.165, 1.54) is 17.5 Å². The number of amides is 2. The van der Waals surface area contributed by atoms with E-state index in [2.05, 4.69) is 60.1 Å². The Morgan fingerprint density at radius 2 is 1.77 bits per heavy atom. The monoisotopic (exact) mass is 535 g/mol. The Bertz CT molecular complexity index is 1460. The maximum absolute atomic E-state index is 13.9. The zero-order chi connectivity index (χ0) is 28.0. The van der Waals surface area contributed by atoms with Crippen molar-refractivity contribution in [3.8, 4) is 0 Å². The summed E-state index contributed by atoms with van der Waals surface area (Å²) in [6.07, 6.45) is 10.5. The summed E-state index contributed by atoms with van der Waals surface area (Å²) in [6.45, 7) is 10.00. The average molecular weight is 536 g/mol. The van der Waals surface area contributed by atoms with Crippen LogP contribution in [0.15, 0.2) is 65.2 Å². The molecule has 3 aliphatic heterocycles. The highest BCUT2D eigenvalue weighted by atomic mass is 16.2. The number of nitrogens with one attached hydrogen (secondary N) is 1.